The molecule has 1 fully saturated rings. The van der Waals surface area contributed by atoms with E-state index >= 15 is 0 Å². The van der Waals surface area contributed by atoms with Crippen molar-refractivity contribution in [1.29, 1.82) is 0 Å². The number of nitrogens with one attached hydrogen (secondary N) is 1. The van der Waals surface area contributed by atoms with Gasteiger partial charge in [0.15, 0.2) is 0 Å². The first-order valence-corrected chi connectivity index (χ1v) is 7.53. The molecular weight excluding hydrogens is 314 g/mol. The van der Waals surface area contributed by atoms with Crippen molar-refractivity contribution in [2.24, 2.45) is 11.7 Å². The lowest BCUT2D eigenvalue weighted by molar-refractivity contribution is -0.136. The number of amides is 3. The summed E-state index contributed by atoms with van der Waals surface area (Å²) in [6.45, 7) is 2.93. The number of hydrogen-bond donors (Lipinski definition) is 2. The second-order valence-corrected chi connectivity index (χ2v) is 5.28. The van der Waals surface area contributed by atoms with Crippen LogP contribution in [0.2, 0.25) is 0 Å². The van der Waals surface area contributed by atoms with Crippen LogP contribution in [0.15, 0.2) is 0 Å². The van der Waals surface area contributed by atoms with E-state index in [0.29, 0.717) is 25.9 Å². The predicted octanol–water partition coefficient (Wildman–Crippen LogP) is 0.0000000000000000555. The van der Waals surface area contributed by atoms with Gasteiger partial charge in [0.1, 0.15) is 6.04 Å². The van der Waals surface area contributed by atoms with Gasteiger partial charge in [0.25, 0.3) is 0 Å². The first-order valence-electron chi connectivity index (χ1n) is 6.41. The summed E-state index contributed by atoms with van der Waals surface area (Å²) >= 11 is 3.07. The van der Waals surface area contributed by atoms with Crippen molar-refractivity contribution in [1.82, 2.24) is 10.2 Å². The highest BCUT2D eigenvalue weighted by molar-refractivity contribution is 9.09. The normalized spacial score (nSPS) is 20.4. The van der Waals surface area contributed by atoms with Crippen LogP contribution in [-0.4, -0.2) is 47.1 Å². The zero-order chi connectivity index (χ0) is 14.4. The summed E-state index contributed by atoms with van der Waals surface area (Å²) in [4.78, 5) is 35.8. The van der Waals surface area contributed by atoms with E-state index in [9.17, 15) is 14.4 Å². The van der Waals surface area contributed by atoms with Gasteiger partial charge in [0, 0.05) is 19.5 Å². The Kier molecular flexibility index (Phi) is 6.27. The fourth-order valence-corrected chi connectivity index (χ4v) is 2.54. The lowest BCUT2D eigenvalue weighted by Gasteiger charge is -2.24. The second kappa shape index (κ2) is 7.47. The third kappa shape index (κ3) is 4.49. The van der Waals surface area contributed by atoms with E-state index in [2.05, 4.69) is 21.2 Å². The van der Waals surface area contributed by atoms with Crippen molar-refractivity contribution >= 4 is 33.7 Å². The number of nitrogens with two attached hydrogens (primary N) is 1. The Morgan fingerprint density at radius 3 is 2.79 bits per heavy atom. The van der Waals surface area contributed by atoms with E-state index in [4.69, 9.17) is 5.73 Å². The average Bonchev–Trinajstić information content (AvgIpc) is 2.71. The minimum atomic E-state index is -0.505. The van der Waals surface area contributed by atoms with E-state index in [0.717, 1.165) is 6.42 Å². The van der Waals surface area contributed by atoms with Crippen molar-refractivity contribution in [3.63, 3.8) is 0 Å². The van der Waals surface area contributed by atoms with Gasteiger partial charge in [-0.2, -0.15) is 0 Å². The van der Waals surface area contributed by atoms with Crippen molar-refractivity contribution in [2.45, 2.75) is 32.2 Å². The minimum absolute atomic E-state index is 0.0255. The third-order valence-corrected chi connectivity index (χ3v) is 3.84. The van der Waals surface area contributed by atoms with Crippen molar-refractivity contribution in [2.75, 3.05) is 18.4 Å². The number of alkyl halides is 1. The van der Waals surface area contributed by atoms with Crippen molar-refractivity contribution in [3.05, 3.63) is 0 Å². The maximum absolute atomic E-state index is 11.9. The van der Waals surface area contributed by atoms with Crippen LogP contribution >= 0.6 is 15.9 Å². The Labute approximate surface area is 121 Å². The largest absolute Gasteiger partial charge is 0.368 e. The van der Waals surface area contributed by atoms with Gasteiger partial charge < -0.3 is 16.0 Å². The molecule has 2 atom stereocenters. The molecule has 0 aromatic carbocycles. The average molecular weight is 334 g/mol. The van der Waals surface area contributed by atoms with E-state index in [-0.39, 0.29) is 23.1 Å². The summed E-state index contributed by atoms with van der Waals surface area (Å²) < 4.78 is 0. The predicted molar refractivity (Wildman–Crippen MR) is 74.5 cm³/mol. The summed E-state index contributed by atoms with van der Waals surface area (Å²) in [6, 6.07) is -0.505. The molecular formula is C12H20BrN3O3. The number of hydrogen-bond acceptors (Lipinski definition) is 3. The number of rotatable bonds is 7. The summed E-state index contributed by atoms with van der Waals surface area (Å²) in [6.07, 6.45) is 1.69. The zero-order valence-electron chi connectivity index (χ0n) is 11.0. The topological polar surface area (TPSA) is 92.5 Å². The van der Waals surface area contributed by atoms with Crippen LogP contribution in [-0.2, 0) is 14.4 Å². The van der Waals surface area contributed by atoms with Crippen LogP contribution in [0.4, 0.5) is 0 Å². The highest BCUT2D eigenvalue weighted by Crippen LogP contribution is 2.23. The first kappa shape index (κ1) is 15.9. The third-order valence-electron chi connectivity index (χ3n) is 3.33. The van der Waals surface area contributed by atoms with Crippen LogP contribution in [0.1, 0.15) is 26.2 Å². The van der Waals surface area contributed by atoms with E-state index in [1.54, 1.807) is 4.90 Å². The molecule has 3 amide bonds. The van der Waals surface area contributed by atoms with Crippen molar-refractivity contribution in [3.8, 4) is 0 Å². The van der Waals surface area contributed by atoms with Crippen molar-refractivity contribution < 1.29 is 14.4 Å². The van der Waals surface area contributed by atoms with Gasteiger partial charge >= 0.3 is 0 Å². The van der Waals surface area contributed by atoms with Crippen LogP contribution in [0.25, 0.3) is 0 Å². The molecule has 19 heavy (non-hydrogen) atoms. The highest BCUT2D eigenvalue weighted by Gasteiger charge is 2.35. The molecule has 0 aromatic rings. The SMILES string of the molecule is CC[C@H](C(N)=O)N1CC(CCNC(=O)CBr)CC1=O. The molecule has 1 aliphatic rings. The molecule has 0 spiro atoms. The number of primary amides is 1. The summed E-state index contributed by atoms with van der Waals surface area (Å²) in [5, 5.41) is 3.03. The maximum atomic E-state index is 11.9. The zero-order valence-corrected chi connectivity index (χ0v) is 12.6. The monoisotopic (exact) mass is 333 g/mol. The van der Waals surface area contributed by atoms with Gasteiger partial charge in [0.05, 0.1) is 5.33 Å². The molecule has 0 aromatic heterocycles. The quantitative estimate of drug-likeness (QED) is 0.642. The number of carbonyl (C=O) groups is 3. The molecule has 0 radical (unpaired) electrons. The van der Waals surface area contributed by atoms with Gasteiger partial charge in [-0.3, -0.25) is 14.4 Å². The highest BCUT2D eigenvalue weighted by atomic mass is 79.9. The fourth-order valence-electron chi connectivity index (χ4n) is 2.34. The molecule has 0 saturated carbocycles. The lowest BCUT2D eigenvalue weighted by Crippen LogP contribution is -2.45. The number of halogens is 1. The molecule has 1 saturated heterocycles. The van der Waals surface area contributed by atoms with Crippen LogP contribution in [0.5, 0.6) is 0 Å². The molecule has 3 N–H and O–H groups in total. The molecule has 108 valence electrons. The van der Waals surface area contributed by atoms with Crippen LogP contribution in [0.3, 0.4) is 0 Å². The number of carbonyl (C=O) groups excluding carboxylic acids is 3. The minimum Gasteiger partial charge on any atom is -0.368 e. The van der Waals surface area contributed by atoms with Gasteiger partial charge in [-0.1, -0.05) is 22.9 Å². The first-order chi connectivity index (χ1) is 8.99. The fraction of sp³-hybridized carbons (Fsp3) is 0.750. The van der Waals surface area contributed by atoms with Gasteiger partial charge in [0.2, 0.25) is 17.7 Å². The Morgan fingerprint density at radius 2 is 2.26 bits per heavy atom. The standard InChI is InChI=1S/C12H20BrN3O3/c1-2-9(12(14)19)16-7-8(5-11(16)18)3-4-15-10(17)6-13/h8-9H,2-7H2,1H3,(H2,14,19)(H,15,17)/t8?,9-/m1/s1. The molecule has 0 aliphatic carbocycles. The Bertz CT molecular complexity index is 362. The number of nitrogens with zero attached hydrogens (tertiary/aromatic N) is 1. The Morgan fingerprint density at radius 1 is 1.58 bits per heavy atom. The molecule has 1 aliphatic heterocycles. The maximum Gasteiger partial charge on any atom is 0.240 e. The lowest BCUT2D eigenvalue weighted by atomic mass is 10.1. The molecule has 1 heterocycles. The molecule has 7 heteroatoms. The van der Waals surface area contributed by atoms with Gasteiger partial charge in [-0.25, -0.2) is 0 Å². The smallest absolute Gasteiger partial charge is 0.240 e. The second-order valence-electron chi connectivity index (χ2n) is 4.71. The summed E-state index contributed by atoms with van der Waals surface area (Å²) in [7, 11) is 0. The molecule has 1 unspecified atom stereocenters. The van der Waals surface area contributed by atoms with E-state index < -0.39 is 11.9 Å². The summed E-state index contributed by atoms with van der Waals surface area (Å²) in [5.74, 6) is -0.368. The Balaban J connectivity index is 2.44. The van der Waals surface area contributed by atoms with E-state index in [1.165, 1.54) is 0 Å². The van der Waals surface area contributed by atoms with E-state index in [1.807, 2.05) is 6.92 Å². The number of likely N-dealkylation sites (tertiary alicyclic amines) is 1. The molecule has 0 bridgehead atoms. The Hall–Kier alpha value is -1.11. The molecule has 6 nitrogen and oxygen atoms in total. The van der Waals surface area contributed by atoms with Gasteiger partial charge in [-0.15, -0.1) is 0 Å². The van der Waals surface area contributed by atoms with Gasteiger partial charge in [-0.05, 0) is 18.8 Å². The summed E-state index contributed by atoms with van der Waals surface area (Å²) in [5.41, 5.74) is 5.30. The van der Waals surface area contributed by atoms with Crippen LogP contribution < -0.4 is 11.1 Å². The molecule has 1 rings (SSSR count). The van der Waals surface area contributed by atoms with Crippen LogP contribution in [0, 0.1) is 5.92 Å².